The van der Waals surface area contributed by atoms with Crippen LogP contribution in [-0.2, 0) is 17.6 Å². The maximum atomic E-state index is 12.5. The number of thioether (sulfide) groups is 1. The van der Waals surface area contributed by atoms with Gasteiger partial charge in [-0.05, 0) is 54.2 Å². The van der Waals surface area contributed by atoms with Crippen LogP contribution in [0.2, 0.25) is 0 Å². The molecule has 0 saturated carbocycles. The van der Waals surface area contributed by atoms with E-state index in [0.717, 1.165) is 41.6 Å². The molecule has 1 aliphatic rings. The molecule has 0 unspecified atom stereocenters. The molecule has 0 spiro atoms. The Kier molecular flexibility index (Phi) is 6.70. The summed E-state index contributed by atoms with van der Waals surface area (Å²) in [5.41, 5.74) is 6.06. The minimum Gasteiger partial charge on any atom is -0.325 e. The SMILES string of the molecule is C#Cc1cccc(NC(=O)CSc2nc3c(c(C=Cc4ccccc4)c2C#N)CCC3)c1. The van der Waals surface area contributed by atoms with Gasteiger partial charge in [-0.25, -0.2) is 4.98 Å². The minimum atomic E-state index is -0.170. The molecule has 4 nitrogen and oxygen atoms in total. The Labute approximate surface area is 192 Å². The number of amides is 1. The molecular formula is C27H21N3OS. The van der Waals surface area contributed by atoms with Crippen LogP contribution in [0.4, 0.5) is 5.69 Å². The van der Waals surface area contributed by atoms with Gasteiger partial charge in [0, 0.05) is 16.9 Å². The molecule has 2 aromatic carbocycles. The van der Waals surface area contributed by atoms with Crippen LogP contribution in [0.15, 0.2) is 59.6 Å². The number of nitrogens with one attached hydrogen (secondary N) is 1. The van der Waals surface area contributed by atoms with E-state index >= 15 is 0 Å². The predicted molar refractivity (Wildman–Crippen MR) is 130 cm³/mol. The number of benzene rings is 2. The molecule has 0 aliphatic heterocycles. The number of aryl methyl sites for hydroxylation is 1. The van der Waals surface area contributed by atoms with Crippen molar-refractivity contribution in [3.8, 4) is 18.4 Å². The third-order valence-corrected chi connectivity index (χ3v) is 6.22. The Morgan fingerprint density at radius 1 is 1.16 bits per heavy atom. The highest BCUT2D eigenvalue weighted by atomic mass is 32.2. The fraction of sp³-hybridized carbons (Fsp3) is 0.148. The lowest BCUT2D eigenvalue weighted by Crippen LogP contribution is -2.14. The van der Waals surface area contributed by atoms with Crippen molar-refractivity contribution < 1.29 is 4.79 Å². The van der Waals surface area contributed by atoms with Crippen molar-refractivity contribution in [2.45, 2.75) is 24.3 Å². The van der Waals surface area contributed by atoms with Crippen LogP contribution in [0.25, 0.3) is 12.2 Å². The third-order valence-electron chi connectivity index (χ3n) is 5.24. The van der Waals surface area contributed by atoms with Crippen molar-refractivity contribution in [3.63, 3.8) is 0 Å². The Balaban J connectivity index is 1.56. The van der Waals surface area contributed by atoms with E-state index in [1.54, 1.807) is 18.2 Å². The molecule has 0 radical (unpaired) electrons. The Bertz CT molecular complexity index is 1270. The molecule has 0 bridgehead atoms. The van der Waals surface area contributed by atoms with Gasteiger partial charge >= 0.3 is 0 Å². The average molecular weight is 436 g/mol. The van der Waals surface area contributed by atoms with Crippen LogP contribution in [0.5, 0.6) is 0 Å². The van der Waals surface area contributed by atoms with E-state index in [2.05, 4.69) is 17.3 Å². The number of carbonyl (C=O) groups excluding carboxylic acids is 1. The number of nitrogens with zero attached hydrogens (tertiary/aromatic N) is 2. The van der Waals surface area contributed by atoms with E-state index in [4.69, 9.17) is 11.4 Å². The first-order chi connectivity index (χ1) is 15.7. The van der Waals surface area contributed by atoms with E-state index in [-0.39, 0.29) is 11.7 Å². The monoisotopic (exact) mass is 435 g/mol. The van der Waals surface area contributed by atoms with Gasteiger partial charge in [0.05, 0.1) is 11.3 Å². The van der Waals surface area contributed by atoms with Crippen LogP contribution in [0.1, 0.15) is 39.9 Å². The summed E-state index contributed by atoms with van der Waals surface area (Å²) < 4.78 is 0. The van der Waals surface area contributed by atoms with E-state index in [0.29, 0.717) is 21.8 Å². The number of hydrogen-bond acceptors (Lipinski definition) is 4. The number of fused-ring (bicyclic) bond motifs is 1. The van der Waals surface area contributed by atoms with Crippen molar-refractivity contribution in [2.24, 2.45) is 0 Å². The normalized spacial score (nSPS) is 12.2. The van der Waals surface area contributed by atoms with Gasteiger partial charge in [-0.3, -0.25) is 4.79 Å². The van der Waals surface area contributed by atoms with E-state index in [1.165, 1.54) is 11.8 Å². The number of hydrogen-bond donors (Lipinski definition) is 1. The molecule has 0 saturated heterocycles. The first-order valence-electron chi connectivity index (χ1n) is 10.4. The van der Waals surface area contributed by atoms with Crippen molar-refractivity contribution >= 4 is 35.5 Å². The largest absolute Gasteiger partial charge is 0.325 e. The van der Waals surface area contributed by atoms with Gasteiger partial charge in [-0.15, -0.1) is 6.42 Å². The molecule has 4 rings (SSSR count). The molecule has 1 aromatic heterocycles. The molecule has 0 atom stereocenters. The van der Waals surface area contributed by atoms with E-state index in [1.807, 2.05) is 48.6 Å². The molecule has 1 aliphatic carbocycles. The van der Waals surface area contributed by atoms with Gasteiger partial charge < -0.3 is 5.32 Å². The van der Waals surface area contributed by atoms with Gasteiger partial charge in [-0.2, -0.15) is 5.26 Å². The summed E-state index contributed by atoms with van der Waals surface area (Å²) in [6.07, 6.45) is 12.3. The maximum Gasteiger partial charge on any atom is 0.234 e. The fourth-order valence-corrected chi connectivity index (χ4v) is 4.56. The minimum absolute atomic E-state index is 0.155. The molecule has 3 aromatic rings. The zero-order valence-electron chi connectivity index (χ0n) is 17.5. The molecule has 1 N–H and O–H groups in total. The number of anilines is 1. The first-order valence-corrected chi connectivity index (χ1v) is 11.3. The zero-order chi connectivity index (χ0) is 22.3. The van der Waals surface area contributed by atoms with Gasteiger partial charge in [0.2, 0.25) is 5.91 Å². The topological polar surface area (TPSA) is 65.8 Å². The quantitative estimate of drug-likeness (QED) is 0.420. The summed E-state index contributed by atoms with van der Waals surface area (Å²) in [4.78, 5) is 17.3. The van der Waals surface area contributed by atoms with Crippen molar-refractivity contribution in [1.29, 1.82) is 5.26 Å². The molecule has 156 valence electrons. The number of terminal acetylenes is 1. The Hall–Kier alpha value is -3.80. The smallest absolute Gasteiger partial charge is 0.234 e. The van der Waals surface area contributed by atoms with Gasteiger partial charge in [0.1, 0.15) is 11.1 Å². The standard InChI is InChI=1S/C27H21N3OS/c1-2-19-10-6-11-21(16-19)29-26(31)18-32-27-24(17-28)22(23-12-7-13-25(23)30-27)15-14-20-8-4-3-5-9-20/h1,3-6,8-11,14-16H,7,12-13,18H2,(H,29,31). The van der Waals surface area contributed by atoms with Crippen molar-refractivity contribution in [1.82, 2.24) is 4.98 Å². The lowest BCUT2D eigenvalue weighted by molar-refractivity contribution is -0.113. The second-order valence-electron chi connectivity index (χ2n) is 7.40. The van der Waals surface area contributed by atoms with Crippen LogP contribution in [0, 0.1) is 23.7 Å². The second-order valence-corrected chi connectivity index (χ2v) is 8.37. The lowest BCUT2D eigenvalue weighted by Gasteiger charge is -2.12. The second kappa shape index (κ2) is 10.0. The third kappa shape index (κ3) is 4.91. The maximum absolute atomic E-state index is 12.5. The molecule has 32 heavy (non-hydrogen) atoms. The van der Waals surface area contributed by atoms with Crippen LogP contribution < -0.4 is 5.32 Å². The fourth-order valence-electron chi connectivity index (χ4n) is 3.74. The first kappa shape index (κ1) is 21.4. The van der Waals surface area contributed by atoms with Crippen LogP contribution in [-0.4, -0.2) is 16.6 Å². The van der Waals surface area contributed by atoms with E-state index < -0.39 is 0 Å². The van der Waals surface area contributed by atoms with Gasteiger partial charge in [0.25, 0.3) is 0 Å². The molecule has 1 amide bonds. The Morgan fingerprint density at radius 3 is 2.78 bits per heavy atom. The number of carbonyl (C=O) groups is 1. The van der Waals surface area contributed by atoms with Crippen LogP contribution >= 0.6 is 11.8 Å². The van der Waals surface area contributed by atoms with Crippen LogP contribution in [0.3, 0.4) is 0 Å². The zero-order valence-corrected chi connectivity index (χ0v) is 18.3. The van der Waals surface area contributed by atoms with E-state index in [9.17, 15) is 10.1 Å². The predicted octanol–water partition coefficient (Wildman–Crippen LogP) is 5.32. The number of nitriles is 1. The number of aromatic nitrogens is 1. The Morgan fingerprint density at radius 2 is 2.00 bits per heavy atom. The van der Waals surface area contributed by atoms with Crippen molar-refractivity contribution in [2.75, 3.05) is 11.1 Å². The highest BCUT2D eigenvalue weighted by molar-refractivity contribution is 8.00. The summed E-state index contributed by atoms with van der Waals surface area (Å²) in [5, 5.41) is 13.4. The number of pyridine rings is 1. The number of rotatable bonds is 6. The summed E-state index contributed by atoms with van der Waals surface area (Å²) >= 11 is 1.29. The molecular weight excluding hydrogens is 414 g/mol. The average Bonchev–Trinajstić information content (AvgIpc) is 3.30. The highest BCUT2D eigenvalue weighted by Crippen LogP contribution is 2.33. The van der Waals surface area contributed by atoms with Gasteiger partial charge in [-0.1, -0.05) is 66.2 Å². The summed E-state index contributed by atoms with van der Waals surface area (Å²) in [5.74, 6) is 2.54. The summed E-state index contributed by atoms with van der Waals surface area (Å²) in [7, 11) is 0. The molecule has 0 fully saturated rings. The highest BCUT2D eigenvalue weighted by Gasteiger charge is 2.22. The molecule has 5 heteroatoms. The molecule has 1 heterocycles. The van der Waals surface area contributed by atoms with Crippen molar-refractivity contribution in [3.05, 3.63) is 88.1 Å². The van der Waals surface area contributed by atoms with Gasteiger partial charge in [0.15, 0.2) is 0 Å². The lowest BCUT2D eigenvalue weighted by atomic mass is 10.0. The summed E-state index contributed by atoms with van der Waals surface area (Å²) in [6, 6.07) is 19.5. The summed E-state index contributed by atoms with van der Waals surface area (Å²) in [6.45, 7) is 0.